The van der Waals surface area contributed by atoms with Gasteiger partial charge in [-0.3, -0.25) is 4.98 Å². The number of aromatic nitrogens is 2. The van der Waals surface area contributed by atoms with Crippen LogP contribution in [0, 0.1) is 5.41 Å². The molecule has 0 unspecified atom stereocenters. The Morgan fingerprint density at radius 2 is 1.50 bits per heavy atom. The van der Waals surface area contributed by atoms with Crippen molar-refractivity contribution in [2.45, 2.75) is 27.2 Å². The molecule has 0 aliphatic rings. The minimum absolute atomic E-state index is 0.224. The van der Waals surface area contributed by atoms with Crippen molar-refractivity contribution in [2.75, 3.05) is 0 Å². The third kappa shape index (κ3) is 2.00. The normalized spacial score (nSPS) is 13.0. The third-order valence-electron chi connectivity index (χ3n) is 5.87. The Morgan fingerprint density at radius 3 is 2.25 bits per heavy atom. The maximum absolute atomic E-state index is 4.82. The minimum Gasteiger partial charge on any atom is -0.308 e. The molecule has 28 heavy (non-hydrogen) atoms. The van der Waals surface area contributed by atoms with Gasteiger partial charge in [-0.1, -0.05) is 63.2 Å². The van der Waals surface area contributed by atoms with E-state index in [9.17, 15) is 0 Å². The Morgan fingerprint density at radius 1 is 0.821 bits per heavy atom. The molecule has 136 valence electrons. The molecule has 6 rings (SSSR count). The molecule has 0 aliphatic heterocycles. The van der Waals surface area contributed by atoms with Crippen molar-refractivity contribution in [2.24, 2.45) is 5.41 Å². The highest BCUT2D eigenvalue weighted by molar-refractivity contribution is 6.28. The van der Waals surface area contributed by atoms with E-state index < -0.39 is 0 Å². The standard InChI is InChI=1S/C26H22N2/c1-26(2,3)15-17-14-16-12-13-27-24-19-9-5-7-11-21(19)28-20-10-6-4-8-18(20)22(17)25(28)23(16)24/h4-14H,15H2,1-3H3. The van der Waals surface area contributed by atoms with Crippen molar-refractivity contribution in [1.29, 1.82) is 0 Å². The zero-order chi connectivity index (χ0) is 19.0. The maximum Gasteiger partial charge on any atom is 0.0822 e. The lowest BCUT2D eigenvalue weighted by atomic mass is 9.85. The van der Waals surface area contributed by atoms with E-state index in [2.05, 4.69) is 85.8 Å². The third-order valence-corrected chi connectivity index (χ3v) is 5.87. The van der Waals surface area contributed by atoms with E-state index in [4.69, 9.17) is 4.98 Å². The summed E-state index contributed by atoms with van der Waals surface area (Å²) < 4.78 is 2.46. The highest BCUT2D eigenvalue weighted by Gasteiger charge is 2.23. The van der Waals surface area contributed by atoms with Gasteiger partial charge in [-0.15, -0.1) is 0 Å². The predicted octanol–water partition coefficient (Wildman–Crippen LogP) is 6.97. The van der Waals surface area contributed by atoms with Gasteiger partial charge in [0.15, 0.2) is 0 Å². The maximum atomic E-state index is 4.82. The lowest BCUT2D eigenvalue weighted by molar-refractivity contribution is 0.413. The van der Waals surface area contributed by atoms with Gasteiger partial charge in [-0.05, 0) is 41.0 Å². The molecule has 3 heterocycles. The van der Waals surface area contributed by atoms with Crippen LogP contribution in [0.15, 0.2) is 66.9 Å². The summed E-state index contributed by atoms with van der Waals surface area (Å²) >= 11 is 0. The minimum atomic E-state index is 0.224. The summed E-state index contributed by atoms with van der Waals surface area (Å²) in [5.41, 5.74) is 6.59. The van der Waals surface area contributed by atoms with Gasteiger partial charge in [-0.2, -0.15) is 0 Å². The van der Waals surface area contributed by atoms with Crippen LogP contribution in [0.5, 0.6) is 0 Å². The van der Waals surface area contributed by atoms with Crippen molar-refractivity contribution in [3.05, 3.63) is 72.4 Å². The molecule has 6 aromatic rings. The molecular weight excluding hydrogens is 340 g/mol. The van der Waals surface area contributed by atoms with Gasteiger partial charge in [0.2, 0.25) is 0 Å². The van der Waals surface area contributed by atoms with Gasteiger partial charge in [0.25, 0.3) is 0 Å². The fraction of sp³-hybridized carbons (Fsp3) is 0.192. The van der Waals surface area contributed by atoms with Crippen LogP contribution in [0.1, 0.15) is 26.3 Å². The van der Waals surface area contributed by atoms with Gasteiger partial charge in [0.1, 0.15) is 0 Å². The number of rotatable bonds is 1. The highest BCUT2D eigenvalue weighted by atomic mass is 14.9. The van der Waals surface area contributed by atoms with E-state index in [1.165, 1.54) is 49.0 Å². The molecule has 0 amide bonds. The van der Waals surface area contributed by atoms with E-state index in [-0.39, 0.29) is 5.41 Å². The Labute approximate surface area is 163 Å². The predicted molar refractivity (Wildman–Crippen MR) is 120 cm³/mol. The number of benzene rings is 3. The molecule has 0 aliphatic carbocycles. The summed E-state index contributed by atoms with van der Waals surface area (Å²) in [5, 5.41) is 6.51. The van der Waals surface area contributed by atoms with Crippen LogP contribution >= 0.6 is 0 Å². The topological polar surface area (TPSA) is 17.3 Å². The molecule has 3 aromatic carbocycles. The first-order chi connectivity index (χ1) is 13.5. The molecule has 0 radical (unpaired) electrons. The second-order valence-corrected chi connectivity index (χ2v) is 9.12. The van der Waals surface area contributed by atoms with Crippen LogP contribution in [0.4, 0.5) is 0 Å². The van der Waals surface area contributed by atoms with E-state index in [1.807, 2.05) is 6.20 Å². The average molecular weight is 362 g/mol. The van der Waals surface area contributed by atoms with Crippen LogP contribution in [0.3, 0.4) is 0 Å². The van der Waals surface area contributed by atoms with Gasteiger partial charge in [0, 0.05) is 27.7 Å². The van der Waals surface area contributed by atoms with Gasteiger partial charge < -0.3 is 4.40 Å². The van der Waals surface area contributed by atoms with Crippen LogP contribution in [-0.4, -0.2) is 9.38 Å². The molecule has 2 heteroatoms. The van der Waals surface area contributed by atoms with E-state index in [0.717, 1.165) is 11.9 Å². The number of nitrogens with zero attached hydrogens (tertiary/aromatic N) is 2. The van der Waals surface area contributed by atoms with Crippen LogP contribution in [0.25, 0.3) is 49.0 Å². The number of hydrogen-bond donors (Lipinski definition) is 0. The molecule has 3 aromatic heterocycles. The number of fused-ring (bicyclic) bond motifs is 6. The molecular formula is C26H22N2. The zero-order valence-electron chi connectivity index (χ0n) is 16.5. The first kappa shape index (κ1) is 15.9. The van der Waals surface area contributed by atoms with Crippen LogP contribution in [-0.2, 0) is 6.42 Å². The second-order valence-electron chi connectivity index (χ2n) is 9.12. The van der Waals surface area contributed by atoms with Crippen molar-refractivity contribution in [3.8, 4) is 0 Å². The van der Waals surface area contributed by atoms with Crippen LogP contribution in [0.2, 0.25) is 0 Å². The fourth-order valence-electron chi connectivity index (χ4n) is 4.94. The van der Waals surface area contributed by atoms with Gasteiger partial charge in [-0.25, -0.2) is 0 Å². The van der Waals surface area contributed by atoms with E-state index in [1.54, 1.807) is 0 Å². The molecule has 0 fully saturated rings. The molecule has 0 saturated carbocycles. The SMILES string of the molecule is CC(C)(C)Cc1cc2ccnc3c4ccccc4n4c5ccccc5c1c4c23. The largest absolute Gasteiger partial charge is 0.308 e. The zero-order valence-corrected chi connectivity index (χ0v) is 16.5. The van der Waals surface area contributed by atoms with Crippen molar-refractivity contribution >= 4 is 49.0 Å². The summed E-state index contributed by atoms with van der Waals surface area (Å²) in [6.45, 7) is 6.96. The summed E-state index contributed by atoms with van der Waals surface area (Å²) in [6.07, 6.45) is 3.01. The fourth-order valence-corrected chi connectivity index (χ4v) is 4.94. The number of hydrogen-bond acceptors (Lipinski definition) is 1. The van der Waals surface area contributed by atoms with Gasteiger partial charge >= 0.3 is 0 Å². The van der Waals surface area contributed by atoms with Crippen molar-refractivity contribution < 1.29 is 0 Å². The summed E-state index contributed by atoms with van der Waals surface area (Å²) in [5.74, 6) is 0. The van der Waals surface area contributed by atoms with E-state index >= 15 is 0 Å². The lowest BCUT2D eigenvalue weighted by Crippen LogP contribution is -2.09. The first-order valence-corrected chi connectivity index (χ1v) is 9.96. The Kier molecular flexibility index (Phi) is 2.97. The number of para-hydroxylation sites is 2. The Balaban J connectivity index is 2.01. The molecule has 0 bridgehead atoms. The molecule has 0 spiro atoms. The average Bonchev–Trinajstić information content (AvgIpc) is 3.03. The molecule has 2 nitrogen and oxygen atoms in total. The summed E-state index contributed by atoms with van der Waals surface area (Å²) in [4.78, 5) is 4.82. The van der Waals surface area contributed by atoms with Crippen molar-refractivity contribution in [1.82, 2.24) is 9.38 Å². The highest BCUT2D eigenvalue weighted by Crippen LogP contribution is 2.43. The van der Waals surface area contributed by atoms with Crippen LogP contribution < -0.4 is 0 Å². The summed E-state index contributed by atoms with van der Waals surface area (Å²) in [7, 11) is 0. The first-order valence-electron chi connectivity index (χ1n) is 9.96. The smallest absolute Gasteiger partial charge is 0.0822 e. The Bertz CT molecular complexity index is 1510. The summed E-state index contributed by atoms with van der Waals surface area (Å²) in [6, 6.07) is 22.1. The molecule has 0 atom stereocenters. The van der Waals surface area contributed by atoms with Gasteiger partial charge in [0.05, 0.1) is 22.1 Å². The van der Waals surface area contributed by atoms with Crippen molar-refractivity contribution in [3.63, 3.8) is 0 Å². The molecule has 0 N–H and O–H groups in total. The monoisotopic (exact) mass is 362 g/mol. The Hall–Kier alpha value is -3.13. The van der Waals surface area contributed by atoms with E-state index in [0.29, 0.717) is 0 Å². The lowest BCUT2D eigenvalue weighted by Gasteiger charge is -2.20. The molecule has 0 saturated heterocycles. The second kappa shape index (κ2) is 5.23. The number of pyridine rings is 2. The quantitative estimate of drug-likeness (QED) is 0.228.